The van der Waals surface area contributed by atoms with E-state index in [1.807, 2.05) is 13.0 Å². The summed E-state index contributed by atoms with van der Waals surface area (Å²) in [5, 5.41) is 3.54. The molecule has 0 bridgehead atoms. The molecular formula is C16H14Br2FN. The van der Waals surface area contributed by atoms with Crippen LogP contribution in [0.15, 0.2) is 39.3 Å². The second-order valence-corrected chi connectivity index (χ2v) is 6.83. The predicted octanol–water partition coefficient (Wildman–Crippen LogP) is 5.76. The van der Waals surface area contributed by atoms with Gasteiger partial charge < -0.3 is 5.32 Å². The molecule has 0 aromatic heterocycles. The number of aryl methyl sites for hydroxylation is 1. The highest BCUT2D eigenvalue weighted by Crippen LogP contribution is 2.38. The number of benzene rings is 2. The van der Waals surface area contributed by atoms with Gasteiger partial charge in [-0.05, 0) is 70.6 Å². The summed E-state index contributed by atoms with van der Waals surface area (Å²) in [5.74, 6) is -0.220. The van der Waals surface area contributed by atoms with Crippen molar-refractivity contribution < 1.29 is 4.39 Å². The van der Waals surface area contributed by atoms with E-state index in [1.54, 1.807) is 6.07 Å². The second-order valence-electron chi connectivity index (χ2n) is 5.12. The van der Waals surface area contributed by atoms with Crippen molar-refractivity contribution in [1.29, 1.82) is 0 Å². The molecule has 20 heavy (non-hydrogen) atoms. The van der Waals surface area contributed by atoms with Crippen molar-refractivity contribution in [3.05, 3.63) is 61.8 Å². The third kappa shape index (κ3) is 2.51. The maximum absolute atomic E-state index is 13.5. The van der Waals surface area contributed by atoms with Crippen LogP contribution in [0.3, 0.4) is 0 Å². The Kier molecular flexibility index (Phi) is 3.87. The van der Waals surface area contributed by atoms with Gasteiger partial charge in [0.1, 0.15) is 5.82 Å². The fourth-order valence-electron chi connectivity index (χ4n) is 2.75. The van der Waals surface area contributed by atoms with Crippen LogP contribution in [-0.2, 0) is 6.42 Å². The number of fused-ring (bicyclic) bond motifs is 1. The van der Waals surface area contributed by atoms with E-state index in [0.29, 0.717) is 10.5 Å². The Morgan fingerprint density at radius 3 is 2.80 bits per heavy atom. The van der Waals surface area contributed by atoms with Crippen LogP contribution in [0.1, 0.15) is 29.2 Å². The van der Waals surface area contributed by atoms with E-state index in [1.165, 1.54) is 15.6 Å². The number of hydrogen-bond acceptors (Lipinski definition) is 1. The molecule has 1 atom stereocenters. The van der Waals surface area contributed by atoms with Gasteiger partial charge in [-0.3, -0.25) is 0 Å². The molecule has 2 aromatic rings. The molecule has 1 N–H and O–H groups in total. The van der Waals surface area contributed by atoms with Gasteiger partial charge in [-0.2, -0.15) is 0 Å². The van der Waals surface area contributed by atoms with E-state index in [9.17, 15) is 4.39 Å². The number of hydrogen-bond donors (Lipinski definition) is 1. The average Bonchev–Trinajstić information content (AvgIpc) is 2.81. The molecule has 0 amide bonds. The molecule has 0 spiro atoms. The van der Waals surface area contributed by atoms with E-state index in [0.717, 1.165) is 24.1 Å². The topological polar surface area (TPSA) is 12.0 Å². The van der Waals surface area contributed by atoms with Crippen LogP contribution >= 0.6 is 31.9 Å². The Balaban J connectivity index is 1.91. The van der Waals surface area contributed by atoms with Gasteiger partial charge in [0, 0.05) is 10.2 Å². The molecule has 0 saturated heterocycles. The van der Waals surface area contributed by atoms with Gasteiger partial charge in [-0.25, -0.2) is 4.39 Å². The number of anilines is 1. The van der Waals surface area contributed by atoms with E-state index < -0.39 is 0 Å². The highest BCUT2D eigenvalue weighted by Gasteiger charge is 2.24. The molecular weight excluding hydrogens is 385 g/mol. The van der Waals surface area contributed by atoms with Crippen LogP contribution in [0.4, 0.5) is 10.1 Å². The summed E-state index contributed by atoms with van der Waals surface area (Å²) < 4.78 is 15.2. The lowest BCUT2D eigenvalue weighted by atomic mass is 10.1. The summed E-state index contributed by atoms with van der Waals surface area (Å²) in [6, 6.07) is 9.98. The zero-order valence-electron chi connectivity index (χ0n) is 11.0. The van der Waals surface area contributed by atoms with Crippen molar-refractivity contribution in [2.24, 2.45) is 0 Å². The maximum Gasteiger partial charge on any atom is 0.137 e. The van der Waals surface area contributed by atoms with Gasteiger partial charge in [0.25, 0.3) is 0 Å². The number of rotatable bonds is 2. The fraction of sp³-hybridized carbons (Fsp3) is 0.250. The Morgan fingerprint density at radius 2 is 2.00 bits per heavy atom. The quantitative estimate of drug-likeness (QED) is 0.678. The van der Waals surface area contributed by atoms with Crippen LogP contribution in [0.5, 0.6) is 0 Å². The van der Waals surface area contributed by atoms with Crippen molar-refractivity contribution in [3.63, 3.8) is 0 Å². The summed E-state index contributed by atoms with van der Waals surface area (Å²) in [4.78, 5) is 0. The van der Waals surface area contributed by atoms with E-state index in [4.69, 9.17) is 0 Å². The Bertz CT molecular complexity index is 670. The van der Waals surface area contributed by atoms with E-state index >= 15 is 0 Å². The monoisotopic (exact) mass is 397 g/mol. The van der Waals surface area contributed by atoms with Gasteiger partial charge in [0.2, 0.25) is 0 Å². The molecule has 0 aliphatic heterocycles. The summed E-state index contributed by atoms with van der Waals surface area (Å²) in [6.07, 6.45) is 2.13. The lowest BCUT2D eigenvalue weighted by molar-refractivity contribution is 0.620. The SMILES string of the molecule is Cc1cc(F)c(Br)cc1NC1CCc2c(Br)cccc21. The van der Waals surface area contributed by atoms with Crippen molar-refractivity contribution in [1.82, 2.24) is 0 Å². The minimum atomic E-state index is -0.220. The molecule has 1 aliphatic carbocycles. The lowest BCUT2D eigenvalue weighted by Gasteiger charge is -2.18. The van der Waals surface area contributed by atoms with Gasteiger partial charge in [-0.15, -0.1) is 0 Å². The number of nitrogens with one attached hydrogen (secondary N) is 1. The molecule has 104 valence electrons. The fourth-order valence-corrected chi connectivity index (χ4v) is 3.67. The second kappa shape index (κ2) is 5.49. The first kappa shape index (κ1) is 14.1. The molecule has 0 fully saturated rings. The first-order chi connectivity index (χ1) is 9.56. The Labute approximate surface area is 134 Å². The van der Waals surface area contributed by atoms with Gasteiger partial charge in [-0.1, -0.05) is 28.1 Å². The Hall–Kier alpha value is -0.870. The molecule has 0 saturated carbocycles. The van der Waals surface area contributed by atoms with Crippen molar-refractivity contribution >= 4 is 37.5 Å². The Morgan fingerprint density at radius 1 is 1.20 bits per heavy atom. The zero-order chi connectivity index (χ0) is 14.3. The molecule has 1 unspecified atom stereocenters. The highest BCUT2D eigenvalue weighted by atomic mass is 79.9. The molecule has 2 aromatic carbocycles. The molecule has 1 nitrogen and oxygen atoms in total. The minimum Gasteiger partial charge on any atom is -0.378 e. The first-order valence-corrected chi connectivity index (χ1v) is 8.14. The number of halogens is 3. The summed E-state index contributed by atoms with van der Waals surface area (Å²) in [6.45, 7) is 1.93. The summed E-state index contributed by atoms with van der Waals surface area (Å²) >= 11 is 6.86. The third-order valence-electron chi connectivity index (χ3n) is 3.81. The van der Waals surface area contributed by atoms with Crippen LogP contribution in [0.25, 0.3) is 0 Å². The van der Waals surface area contributed by atoms with Crippen molar-refractivity contribution in [3.8, 4) is 0 Å². The lowest BCUT2D eigenvalue weighted by Crippen LogP contribution is -2.08. The summed E-state index contributed by atoms with van der Waals surface area (Å²) in [5.41, 5.74) is 4.62. The molecule has 0 heterocycles. The third-order valence-corrected chi connectivity index (χ3v) is 5.16. The molecule has 4 heteroatoms. The van der Waals surface area contributed by atoms with Gasteiger partial charge in [0.05, 0.1) is 10.5 Å². The van der Waals surface area contributed by atoms with Crippen LogP contribution in [0.2, 0.25) is 0 Å². The van der Waals surface area contributed by atoms with Crippen molar-refractivity contribution in [2.45, 2.75) is 25.8 Å². The minimum absolute atomic E-state index is 0.220. The standard InChI is InChI=1S/C16H14Br2FN/c1-9-7-14(19)13(18)8-16(9)20-15-6-5-10-11(15)3-2-4-12(10)17/h2-4,7-8,15,20H,5-6H2,1H3. The first-order valence-electron chi connectivity index (χ1n) is 6.55. The predicted molar refractivity (Wildman–Crippen MR) is 87.7 cm³/mol. The van der Waals surface area contributed by atoms with Crippen LogP contribution < -0.4 is 5.32 Å². The average molecular weight is 399 g/mol. The smallest absolute Gasteiger partial charge is 0.137 e. The van der Waals surface area contributed by atoms with E-state index in [-0.39, 0.29) is 5.82 Å². The largest absolute Gasteiger partial charge is 0.378 e. The van der Waals surface area contributed by atoms with Gasteiger partial charge >= 0.3 is 0 Å². The summed E-state index contributed by atoms with van der Waals surface area (Å²) in [7, 11) is 0. The van der Waals surface area contributed by atoms with E-state index in [2.05, 4.69) is 55.4 Å². The highest BCUT2D eigenvalue weighted by molar-refractivity contribution is 9.10. The zero-order valence-corrected chi connectivity index (χ0v) is 14.2. The van der Waals surface area contributed by atoms with Gasteiger partial charge in [0.15, 0.2) is 0 Å². The van der Waals surface area contributed by atoms with Crippen molar-refractivity contribution in [2.75, 3.05) is 5.32 Å². The molecule has 3 rings (SSSR count). The molecule has 1 aliphatic rings. The maximum atomic E-state index is 13.5. The van der Waals surface area contributed by atoms with Crippen LogP contribution in [0, 0.1) is 12.7 Å². The normalized spacial score (nSPS) is 17.1. The molecule has 0 radical (unpaired) electrons. The van der Waals surface area contributed by atoms with Crippen LogP contribution in [-0.4, -0.2) is 0 Å².